The zero-order valence-corrected chi connectivity index (χ0v) is 17.8. The third-order valence-electron chi connectivity index (χ3n) is 5.58. The number of rotatable bonds is 9. The number of hydrogen-bond donors (Lipinski definition) is 3. The van der Waals surface area contributed by atoms with Gasteiger partial charge in [-0.25, -0.2) is 0 Å². The number of ether oxygens (including phenoxy) is 1. The van der Waals surface area contributed by atoms with E-state index in [1.807, 2.05) is 11.3 Å². The zero-order valence-electron chi connectivity index (χ0n) is 17.0. The van der Waals surface area contributed by atoms with Crippen LogP contribution in [0.2, 0.25) is 0 Å². The molecule has 2 heterocycles. The van der Waals surface area contributed by atoms with Crippen LogP contribution >= 0.6 is 11.3 Å². The monoisotopic (exact) mass is 409 g/mol. The molecule has 0 amide bonds. The first-order valence-corrected chi connectivity index (χ1v) is 11.5. The third kappa shape index (κ3) is 5.37. The molecule has 0 bridgehead atoms. The zero-order chi connectivity index (χ0) is 19.9. The van der Waals surface area contributed by atoms with Gasteiger partial charge in [0.05, 0.1) is 6.61 Å². The van der Waals surface area contributed by atoms with E-state index in [2.05, 4.69) is 59.2 Å². The van der Waals surface area contributed by atoms with Crippen LogP contribution < -0.4 is 21.1 Å². The highest BCUT2D eigenvalue weighted by Crippen LogP contribution is 2.35. The average Bonchev–Trinajstić information content (AvgIpc) is 3.20. The molecule has 0 unspecified atom stereocenters. The van der Waals surface area contributed by atoms with Gasteiger partial charge < -0.3 is 21.1 Å². The summed E-state index contributed by atoms with van der Waals surface area (Å²) in [5, 5.41) is 8.43. The molecule has 2 aromatic carbocycles. The summed E-state index contributed by atoms with van der Waals surface area (Å²) < 4.78 is 7.37. The van der Waals surface area contributed by atoms with Crippen LogP contribution in [0.25, 0.3) is 20.5 Å². The van der Waals surface area contributed by atoms with Crippen LogP contribution in [0.3, 0.4) is 0 Å². The molecule has 154 valence electrons. The van der Waals surface area contributed by atoms with E-state index in [4.69, 9.17) is 10.5 Å². The second-order valence-electron chi connectivity index (χ2n) is 7.79. The molecular weight excluding hydrogens is 378 g/mol. The van der Waals surface area contributed by atoms with Gasteiger partial charge in [0, 0.05) is 21.7 Å². The quantitative estimate of drug-likeness (QED) is 0.459. The van der Waals surface area contributed by atoms with Gasteiger partial charge in [-0.05, 0) is 92.6 Å². The summed E-state index contributed by atoms with van der Waals surface area (Å²) in [4.78, 5) is 1.30. The Morgan fingerprint density at radius 2 is 1.97 bits per heavy atom. The predicted molar refractivity (Wildman–Crippen MR) is 124 cm³/mol. The number of fused-ring (bicyclic) bond motifs is 1. The highest BCUT2D eigenvalue weighted by atomic mass is 32.1. The average molecular weight is 410 g/mol. The van der Waals surface area contributed by atoms with E-state index in [-0.39, 0.29) is 0 Å². The molecule has 0 radical (unpaired) electrons. The Bertz CT molecular complexity index is 884. The number of piperidine rings is 1. The first kappa shape index (κ1) is 20.4. The van der Waals surface area contributed by atoms with Crippen LogP contribution in [0.1, 0.15) is 24.8 Å². The largest absolute Gasteiger partial charge is 0.493 e. The summed E-state index contributed by atoms with van der Waals surface area (Å²) in [6, 6.07) is 17.5. The molecule has 0 spiro atoms. The maximum Gasteiger partial charge on any atom is 0.123 e. The standard InChI is InChI=1S/C24H31N3OS/c25-10-3-13-28-22-7-6-20(24-15-19-4-1-2-5-23(19)29-24)14-21(22)17-27-16-18-8-11-26-12-9-18/h1-2,4-7,14-15,18,26-27H,3,8-13,16-17,25H2. The smallest absolute Gasteiger partial charge is 0.123 e. The van der Waals surface area contributed by atoms with E-state index in [0.717, 1.165) is 44.3 Å². The normalized spacial score (nSPS) is 15.1. The topological polar surface area (TPSA) is 59.3 Å². The van der Waals surface area contributed by atoms with Gasteiger partial charge in [-0.3, -0.25) is 0 Å². The lowest BCUT2D eigenvalue weighted by Gasteiger charge is -2.23. The molecule has 0 aliphatic carbocycles. The summed E-state index contributed by atoms with van der Waals surface area (Å²) in [5.41, 5.74) is 8.12. The minimum absolute atomic E-state index is 0.656. The molecule has 0 saturated carbocycles. The van der Waals surface area contributed by atoms with Gasteiger partial charge in [-0.2, -0.15) is 0 Å². The van der Waals surface area contributed by atoms with E-state index in [9.17, 15) is 0 Å². The predicted octanol–water partition coefficient (Wildman–Crippen LogP) is 4.39. The summed E-state index contributed by atoms with van der Waals surface area (Å²) in [5.74, 6) is 1.74. The fourth-order valence-corrected chi connectivity index (χ4v) is 4.96. The first-order valence-electron chi connectivity index (χ1n) is 10.7. The lowest BCUT2D eigenvalue weighted by Crippen LogP contribution is -2.33. The van der Waals surface area contributed by atoms with Crippen LogP contribution in [0, 0.1) is 5.92 Å². The molecule has 0 atom stereocenters. The molecule has 1 fully saturated rings. The van der Waals surface area contributed by atoms with Gasteiger partial charge in [0.15, 0.2) is 0 Å². The molecule has 29 heavy (non-hydrogen) atoms. The van der Waals surface area contributed by atoms with Crippen LogP contribution in [0.4, 0.5) is 0 Å². The van der Waals surface area contributed by atoms with E-state index in [1.54, 1.807) is 0 Å². The van der Waals surface area contributed by atoms with Crippen molar-refractivity contribution in [3.8, 4) is 16.2 Å². The number of nitrogens with one attached hydrogen (secondary N) is 2. The minimum Gasteiger partial charge on any atom is -0.493 e. The van der Waals surface area contributed by atoms with E-state index in [1.165, 1.54) is 38.9 Å². The van der Waals surface area contributed by atoms with Crippen molar-refractivity contribution in [2.75, 3.05) is 32.8 Å². The molecule has 4 nitrogen and oxygen atoms in total. The molecule has 1 aliphatic heterocycles. The highest BCUT2D eigenvalue weighted by molar-refractivity contribution is 7.22. The molecule has 5 heteroatoms. The van der Waals surface area contributed by atoms with Gasteiger partial charge in [0.2, 0.25) is 0 Å². The number of thiophene rings is 1. The second kappa shape index (κ2) is 10.2. The van der Waals surface area contributed by atoms with Crippen molar-refractivity contribution in [3.05, 3.63) is 54.1 Å². The van der Waals surface area contributed by atoms with Crippen LogP contribution in [0.15, 0.2) is 48.5 Å². The Morgan fingerprint density at radius 1 is 1.10 bits per heavy atom. The number of nitrogens with two attached hydrogens (primary N) is 1. The third-order valence-corrected chi connectivity index (χ3v) is 6.75. The molecule has 1 aromatic heterocycles. The van der Waals surface area contributed by atoms with Gasteiger partial charge in [-0.1, -0.05) is 18.2 Å². The van der Waals surface area contributed by atoms with Gasteiger partial charge >= 0.3 is 0 Å². The lowest BCUT2D eigenvalue weighted by atomic mass is 9.98. The summed E-state index contributed by atoms with van der Waals surface area (Å²) >= 11 is 1.85. The maximum atomic E-state index is 6.04. The van der Waals surface area contributed by atoms with Crippen molar-refractivity contribution in [2.45, 2.75) is 25.8 Å². The van der Waals surface area contributed by atoms with Crippen molar-refractivity contribution in [2.24, 2.45) is 11.7 Å². The number of benzene rings is 2. The van der Waals surface area contributed by atoms with E-state index < -0.39 is 0 Å². The van der Waals surface area contributed by atoms with Crippen molar-refractivity contribution >= 4 is 21.4 Å². The van der Waals surface area contributed by atoms with Gasteiger partial charge in [-0.15, -0.1) is 11.3 Å². The summed E-state index contributed by atoms with van der Waals surface area (Å²) in [7, 11) is 0. The molecule has 1 saturated heterocycles. The van der Waals surface area contributed by atoms with Crippen molar-refractivity contribution < 1.29 is 4.74 Å². The van der Waals surface area contributed by atoms with Crippen LogP contribution in [-0.2, 0) is 6.54 Å². The van der Waals surface area contributed by atoms with Gasteiger partial charge in [0.1, 0.15) is 5.75 Å². The van der Waals surface area contributed by atoms with E-state index in [0.29, 0.717) is 13.2 Å². The molecule has 1 aliphatic rings. The highest BCUT2D eigenvalue weighted by Gasteiger charge is 2.14. The van der Waals surface area contributed by atoms with Crippen LogP contribution in [0.5, 0.6) is 5.75 Å². The van der Waals surface area contributed by atoms with E-state index >= 15 is 0 Å². The molecule has 4 rings (SSSR count). The minimum atomic E-state index is 0.656. The first-order chi connectivity index (χ1) is 14.3. The number of hydrogen-bond acceptors (Lipinski definition) is 5. The van der Waals surface area contributed by atoms with Gasteiger partial charge in [0.25, 0.3) is 0 Å². The molecular formula is C24H31N3OS. The van der Waals surface area contributed by atoms with Crippen molar-refractivity contribution in [1.82, 2.24) is 10.6 Å². The summed E-state index contributed by atoms with van der Waals surface area (Å²) in [6.45, 7) is 5.50. The Balaban J connectivity index is 1.51. The molecule has 3 aromatic rings. The maximum absolute atomic E-state index is 6.04. The Labute approximate surface area is 177 Å². The second-order valence-corrected chi connectivity index (χ2v) is 8.87. The fourth-order valence-electron chi connectivity index (χ4n) is 3.90. The SMILES string of the molecule is NCCCOc1ccc(-c2cc3ccccc3s2)cc1CNCC1CCNCC1. The van der Waals surface area contributed by atoms with Crippen LogP contribution in [-0.4, -0.2) is 32.8 Å². The Kier molecular flexibility index (Phi) is 7.17. The summed E-state index contributed by atoms with van der Waals surface area (Å²) in [6.07, 6.45) is 3.39. The fraction of sp³-hybridized carbons (Fsp3) is 0.417. The van der Waals surface area contributed by atoms with Crippen molar-refractivity contribution in [3.63, 3.8) is 0 Å². The Morgan fingerprint density at radius 3 is 2.79 bits per heavy atom. The Hall–Kier alpha value is -1.92. The molecule has 4 N–H and O–H groups in total. The van der Waals surface area contributed by atoms with Crippen molar-refractivity contribution in [1.29, 1.82) is 0 Å². The lowest BCUT2D eigenvalue weighted by molar-refractivity contribution is 0.308.